The lowest BCUT2D eigenvalue weighted by Crippen LogP contribution is -2.58. The topological polar surface area (TPSA) is 158 Å². The van der Waals surface area contributed by atoms with Gasteiger partial charge in [0, 0.05) is 31.8 Å². The predicted octanol–water partition coefficient (Wildman–Crippen LogP) is 7.06. The van der Waals surface area contributed by atoms with E-state index in [0.717, 1.165) is 42.5 Å². The van der Waals surface area contributed by atoms with Crippen molar-refractivity contribution in [1.29, 1.82) is 0 Å². The number of carboxylic acid groups (broad SMARTS) is 1. The van der Waals surface area contributed by atoms with Gasteiger partial charge in [0.25, 0.3) is 5.91 Å². The van der Waals surface area contributed by atoms with Gasteiger partial charge in [0.15, 0.2) is 6.10 Å². The summed E-state index contributed by atoms with van der Waals surface area (Å²) in [6, 6.07) is 15.9. The molecule has 0 unspecified atom stereocenters. The van der Waals surface area contributed by atoms with E-state index in [9.17, 15) is 29.1 Å². The van der Waals surface area contributed by atoms with Gasteiger partial charge in [0.05, 0.1) is 17.5 Å². The van der Waals surface area contributed by atoms with Gasteiger partial charge in [0.2, 0.25) is 11.8 Å². The van der Waals surface area contributed by atoms with E-state index in [2.05, 4.69) is 15.6 Å². The zero-order valence-corrected chi connectivity index (χ0v) is 35.7. The second-order valence-electron chi connectivity index (χ2n) is 16.2. The van der Waals surface area contributed by atoms with E-state index in [0.29, 0.717) is 11.4 Å². The summed E-state index contributed by atoms with van der Waals surface area (Å²) in [5.41, 5.74) is 1.53. The van der Waals surface area contributed by atoms with Crippen molar-refractivity contribution in [1.82, 2.24) is 25.4 Å². The van der Waals surface area contributed by atoms with Crippen molar-refractivity contribution in [2.45, 2.75) is 117 Å². The maximum atomic E-state index is 14.3. The van der Waals surface area contributed by atoms with Gasteiger partial charge in [-0.25, -0.2) is 4.98 Å². The summed E-state index contributed by atoms with van der Waals surface area (Å²) in [5.74, 6) is -3.37. The van der Waals surface area contributed by atoms with Crippen molar-refractivity contribution < 1.29 is 33.8 Å². The molecule has 12 nitrogen and oxygen atoms in total. The molecule has 0 radical (unpaired) electrons. The number of aromatic nitrogens is 1. The molecule has 1 aromatic heterocycles. The molecule has 1 fully saturated rings. The molecule has 0 saturated carbocycles. The van der Waals surface area contributed by atoms with E-state index in [1.807, 2.05) is 101 Å². The molecule has 0 aliphatic carbocycles. The van der Waals surface area contributed by atoms with Crippen LogP contribution < -0.4 is 10.6 Å². The zero-order chi connectivity index (χ0) is 42.0. The fraction of sp³-hybridized carbons (Fsp3) is 0.545. The number of esters is 1. The van der Waals surface area contributed by atoms with Crippen molar-refractivity contribution in [3.8, 4) is 11.1 Å². The molecule has 0 bridgehead atoms. The van der Waals surface area contributed by atoms with Crippen LogP contribution in [0.25, 0.3) is 11.1 Å². The molecule has 57 heavy (non-hydrogen) atoms. The van der Waals surface area contributed by atoms with Crippen LogP contribution in [0.15, 0.2) is 60.0 Å². The number of amides is 3. The summed E-state index contributed by atoms with van der Waals surface area (Å²) >= 11 is 1.17. The number of rotatable bonds is 18. The average Bonchev–Trinajstić information content (AvgIpc) is 3.68. The van der Waals surface area contributed by atoms with Crippen molar-refractivity contribution in [3.63, 3.8) is 0 Å². The van der Waals surface area contributed by atoms with E-state index in [-0.39, 0.29) is 48.2 Å². The van der Waals surface area contributed by atoms with Crippen LogP contribution in [0.2, 0.25) is 0 Å². The molecule has 2 aromatic carbocycles. The second-order valence-corrected chi connectivity index (χ2v) is 17.1. The summed E-state index contributed by atoms with van der Waals surface area (Å²) in [4.78, 5) is 74.9. The molecule has 310 valence electrons. The van der Waals surface area contributed by atoms with Crippen LogP contribution in [0.1, 0.15) is 114 Å². The van der Waals surface area contributed by atoms with Gasteiger partial charge >= 0.3 is 11.9 Å². The Kier molecular flexibility index (Phi) is 16.0. The Bertz CT molecular complexity index is 1850. The van der Waals surface area contributed by atoms with Gasteiger partial charge in [-0.05, 0) is 68.3 Å². The number of likely N-dealkylation sites (tertiary alicyclic amines) is 1. The molecule has 1 aliphatic heterocycles. The van der Waals surface area contributed by atoms with Gasteiger partial charge in [-0.3, -0.25) is 28.9 Å². The van der Waals surface area contributed by atoms with E-state index < -0.39 is 47.5 Å². The zero-order valence-electron chi connectivity index (χ0n) is 34.9. The van der Waals surface area contributed by atoms with Crippen LogP contribution in [0.5, 0.6) is 0 Å². The summed E-state index contributed by atoms with van der Waals surface area (Å²) in [6.07, 6.45) is 2.87. The number of piperidine rings is 1. The lowest BCUT2D eigenvalue weighted by Gasteiger charge is -2.38. The van der Waals surface area contributed by atoms with Gasteiger partial charge in [-0.1, -0.05) is 102 Å². The maximum absolute atomic E-state index is 14.3. The average molecular weight is 804 g/mol. The number of hydrogen-bond acceptors (Lipinski definition) is 9. The molecule has 3 amide bonds. The first-order chi connectivity index (χ1) is 27.0. The predicted molar refractivity (Wildman–Crippen MR) is 222 cm³/mol. The quantitative estimate of drug-likeness (QED) is 0.115. The highest BCUT2D eigenvalue weighted by molar-refractivity contribution is 7.09. The van der Waals surface area contributed by atoms with Crippen LogP contribution in [-0.2, 0) is 29.5 Å². The van der Waals surface area contributed by atoms with Gasteiger partial charge in [0.1, 0.15) is 16.7 Å². The van der Waals surface area contributed by atoms with Crippen LogP contribution in [-0.4, -0.2) is 88.3 Å². The van der Waals surface area contributed by atoms with Gasteiger partial charge in [-0.2, -0.15) is 0 Å². The number of carbonyl (C=O) groups is 5. The standard InChI is InChI=1S/C44H61N5O7S/c1-10-28(4)38(46-40(52)35-22-16-17-23-48(35)8)42(53)49(9)36(27(2)3)24-37(56-30(6)50)41-45-34(26-57-41)39(51)47-44(7,25-29(5)43(54)55)33-21-15-14-20-32(33)31-18-12-11-13-19-31/h11-15,18-21,26-29,35-38H,10,16-17,22-25H2,1-9H3,(H,46,52)(H,47,51)(H,54,55)/t28-,29-,35+,36+,37+,38-,44+/m0/s1. The van der Waals surface area contributed by atoms with E-state index in [1.165, 1.54) is 18.3 Å². The molecule has 3 N–H and O–H groups in total. The lowest BCUT2D eigenvalue weighted by molar-refractivity contribution is -0.149. The van der Waals surface area contributed by atoms with Crippen molar-refractivity contribution in [3.05, 3.63) is 76.2 Å². The molecular weight excluding hydrogens is 743 g/mol. The normalized spacial score (nSPS) is 18.3. The highest BCUT2D eigenvalue weighted by Crippen LogP contribution is 2.37. The minimum absolute atomic E-state index is 0.0703. The Hall–Kier alpha value is -4.62. The van der Waals surface area contributed by atoms with Crippen LogP contribution >= 0.6 is 11.3 Å². The molecule has 7 atom stereocenters. The number of nitrogens with one attached hydrogen (secondary N) is 2. The minimum Gasteiger partial charge on any atom is -0.481 e. The van der Waals surface area contributed by atoms with Gasteiger partial charge in [-0.15, -0.1) is 11.3 Å². The summed E-state index contributed by atoms with van der Waals surface area (Å²) in [6.45, 7) is 13.5. The monoisotopic (exact) mass is 803 g/mol. The van der Waals surface area contributed by atoms with Crippen LogP contribution in [0.3, 0.4) is 0 Å². The second kappa shape index (κ2) is 20.2. The Balaban J connectivity index is 1.61. The first-order valence-electron chi connectivity index (χ1n) is 20.1. The molecule has 2 heterocycles. The number of nitrogens with zero attached hydrogens (tertiary/aromatic N) is 3. The largest absolute Gasteiger partial charge is 0.481 e. The number of benzene rings is 2. The Labute approximate surface area is 341 Å². The summed E-state index contributed by atoms with van der Waals surface area (Å²) in [5, 5.41) is 18.1. The Morgan fingerprint density at radius 2 is 1.70 bits per heavy atom. The molecule has 4 rings (SSSR count). The smallest absolute Gasteiger partial charge is 0.306 e. The number of hydrogen-bond donors (Lipinski definition) is 3. The first kappa shape index (κ1) is 45.1. The third-order valence-corrected chi connectivity index (χ3v) is 12.3. The maximum Gasteiger partial charge on any atom is 0.306 e. The number of aliphatic carboxylic acids is 1. The van der Waals surface area contributed by atoms with Crippen LogP contribution in [0.4, 0.5) is 0 Å². The number of ether oxygens (including phenoxy) is 1. The minimum atomic E-state index is -1.11. The lowest BCUT2D eigenvalue weighted by atomic mass is 9.79. The fourth-order valence-electron chi connectivity index (χ4n) is 7.83. The summed E-state index contributed by atoms with van der Waals surface area (Å²) < 4.78 is 5.84. The number of carboxylic acids is 1. The Morgan fingerprint density at radius 3 is 2.32 bits per heavy atom. The number of likely N-dealkylation sites (N-methyl/N-ethyl adjacent to an activating group) is 2. The number of carbonyl (C=O) groups excluding carboxylic acids is 4. The van der Waals surface area contributed by atoms with E-state index in [4.69, 9.17) is 4.74 Å². The number of thiazole rings is 1. The molecular formula is C44H61N5O7S. The van der Waals surface area contributed by atoms with E-state index >= 15 is 0 Å². The summed E-state index contributed by atoms with van der Waals surface area (Å²) in [7, 11) is 3.66. The highest BCUT2D eigenvalue weighted by atomic mass is 32.1. The highest BCUT2D eigenvalue weighted by Gasteiger charge is 2.39. The van der Waals surface area contributed by atoms with Crippen molar-refractivity contribution >= 4 is 41.0 Å². The molecule has 0 spiro atoms. The van der Waals surface area contributed by atoms with Crippen molar-refractivity contribution in [2.75, 3.05) is 20.6 Å². The third kappa shape index (κ3) is 11.5. The third-order valence-electron chi connectivity index (χ3n) is 11.4. The SMILES string of the molecule is CC[C@H](C)[C@H](NC(=O)[C@H]1CCCCN1C)C(=O)N(C)[C@H](C[C@@H](OC(C)=O)c1nc(C(=O)N[C@](C)(C[C@H](C)C(=O)O)c2ccccc2-c2ccccc2)cs1)C(C)C. The van der Waals surface area contributed by atoms with Crippen LogP contribution in [0, 0.1) is 17.8 Å². The molecule has 1 aliphatic rings. The molecule has 3 aromatic rings. The molecule has 13 heteroatoms. The molecule has 1 saturated heterocycles. The Morgan fingerprint density at radius 1 is 1.04 bits per heavy atom. The van der Waals surface area contributed by atoms with Crippen molar-refractivity contribution in [2.24, 2.45) is 17.8 Å². The van der Waals surface area contributed by atoms with Gasteiger partial charge < -0.3 is 25.4 Å². The van der Waals surface area contributed by atoms with E-state index in [1.54, 1.807) is 24.3 Å². The first-order valence-corrected chi connectivity index (χ1v) is 20.9. The fourth-order valence-corrected chi connectivity index (χ4v) is 8.67.